The molecule has 9 nitrogen and oxygen atoms in total. The van der Waals surface area contributed by atoms with Crippen molar-refractivity contribution in [3.8, 4) is 17.2 Å². The first-order chi connectivity index (χ1) is 20.1. The minimum Gasteiger partial charge on any atom is -0.493 e. The molecule has 3 aliphatic heterocycles. The third-order valence-corrected chi connectivity index (χ3v) is 7.64. The maximum atomic E-state index is 13.5. The fourth-order valence-corrected chi connectivity index (χ4v) is 5.13. The lowest BCUT2D eigenvalue weighted by molar-refractivity contribution is -0.123. The molecular formula is C33H37N3O6. The number of hydrogen-bond donors (Lipinski definition) is 2. The van der Waals surface area contributed by atoms with Gasteiger partial charge in [-0.15, -0.1) is 0 Å². The molecule has 0 unspecified atom stereocenters. The maximum absolute atomic E-state index is 13.5. The van der Waals surface area contributed by atoms with Gasteiger partial charge in [-0.2, -0.15) is 0 Å². The minimum absolute atomic E-state index is 0.0129. The van der Waals surface area contributed by atoms with Crippen molar-refractivity contribution < 1.29 is 28.6 Å². The lowest BCUT2D eigenvalue weighted by atomic mass is 9.86. The molecular weight excluding hydrogens is 534 g/mol. The molecule has 42 heavy (non-hydrogen) atoms. The number of ether oxygens (including phenoxy) is 3. The molecule has 220 valence electrons. The predicted octanol–water partition coefficient (Wildman–Crippen LogP) is 4.09. The second kappa shape index (κ2) is 12.1. The van der Waals surface area contributed by atoms with Crippen molar-refractivity contribution in [2.75, 3.05) is 26.8 Å². The number of rotatable bonds is 2. The van der Waals surface area contributed by atoms with Gasteiger partial charge in [0.25, 0.3) is 17.7 Å². The Morgan fingerprint density at radius 2 is 1.74 bits per heavy atom. The molecule has 1 saturated heterocycles. The standard InChI is InChI=1S/C33H37N3O6/c1-33(2,3)24-10-7-22(8-11-24)32(39)36-16-15-27-26(19-36)35-31(38)23-9-14-28(40-4)29(17-23)41-20-30(37)34-18-21-5-12-25(42-27)13-6-21/h5-14,17,26-27H,15-16,18-20H2,1-4H3,(H,34,37)(H,35,38)/t26-,27+/m0/s1. The van der Waals surface area contributed by atoms with Crippen molar-refractivity contribution in [3.05, 3.63) is 89.0 Å². The summed E-state index contributed by atoms with van der Waals surface area (Å²) in [5.74, 6) is 0.579. The lowest BCUT2D eigenvalue weighted by Gasteiger charge is -2.39. The van der Waals surface area contributed by atoms with E-state index in [2.05, 4.69) is 31.4 Å². The smallest absolute Gasteiger partial charge is 0.258 e. The number of fused-ring (bicyclic) bond motifs is 7. The molecule has 2 atom stereocenters. The van der Waals surface area contributed by atoms with Gasteiger partial charge in [-0.1, -0.05) is 45.0 Å². The second-order valence-corrected chi connectivity index (χ2v) is 11.7. The van der Waals surface area contributed by atoms with Gasteiger partial charge >= 0.3 is 0 Å². The molecule has 3 amide bonds. The Balaban J connectivity index is 1.42. The Kier molecular flexibility index (Phi) is 8.38. The van der Waals surface area contributed by atoms with Gasteiger partial charge in [0.05, 0.1) is 13.2 Å². The summed E-state index contributed by atoms with van der Waals surface area (Å²) < 4.78 is 17.5. The first-order valence-electron chi connectivity index (χ1n) is 14.1. The van der Waals surface area contributed by atoms with Crippen LogP contribution < -0.4 is 24.8 Å². The van der Waals surface area contributed by atoms with Gasteiger partial charge < -0.3 is 29.7 Å². The van der Waals surface area contributed by atoms with Crippen LogP contribution in [0.3, 0.4) is 0 Å². The molecule has 9 heteroatoms. The fourth-order valence-electron chi connectivity index (χ4n) is 5.13. The summed E-state index contributed by atoms with van der Waals surface area (Å²) in [6.45, 7) is 7.28. The Morgan fingerprint density at radius 3 is 2.43 bits per heavy atom. The third kappa shape index (κ3) is 6.67. The van der Waals surface area contributed by atoms with Gasteiger partial charge in [0.2, 0.25) is 0 Å². The summed E-state index contributed by atoms with van der Waals surface area (Å²) in [6, 6.07) is 19.5. The summed E-state index contributed by atoms with van der Waals surface area (Å²) in [5.41, 5.74) is 2.98. The highest BCUT2D eigenvalue weighted by Crippen LogP contribution is 2.29. The average Bonchev–Trinajstić information content (AvgIpc) is 2.99. The third-order valence-electron chi connectivity index (χ3n) is 7.64. The van der Waals surface area contributed by atoms with E-state index in [1.54, 1.807) is 23.1 Å². The second-order valence-electron chi connectivity index (χ2n) is 11.7. The average molecular weight is 572 g/mol. The number of nitrogens with one attached hydrogen (secondary N) is 2. The van der Waals surface area contributed by atoms with Crippen molar-refractivity contribution in [1.29, 1.82) is 0 Å². The van der Waals surface area contributed by atoms with Gasteiger partial charge in [0.1, 0.15) is 11.9 Å². The normalized spacial score (nSPS) is 19.4. The molecule has 2 N–H and O–H groups in total. The lowest BCUT2D eigenvalue weighted by Crippen LogP contribution is -2.58. The van der Waals surface area contributed by atoms with Crippen LogP contribution >= 0.6 is 0 Å². The quantitative estimate of drug-likeness (QED) is 0.480. The molecule has 3 aliphatic rings. The predicted molar refractivity (Wildman–Crippen MR) is 158 cm³/mol. The summed E-state index contributed by atoms with van der Waals surface area (Å²) in [7, 11) is 1.49. The van der Waals surface area contributed by atoms with Crippen molar-refractivity contribution >= 4 is 17.7 Å². The van der Waals surface area contributed by atoms with E-state index in [-0.39, 0.29) is 48.1 Å². The summed E-state index contributed by atoms with van der Waals surface area (Å²) in [4.78, 5) is 41.2. The zero-order chi connectivity index (χ0) is 29.9. The molecule has 3 aromatic carbocycles. The first-order valence-corrected chi connectivity index (χ1v) is 14.1. The van der Waals surface area contributed by atoms with Crippen LogP contribution in [-0.4, -0.2) is 61.6 Å². The monoisotopic (exact) mass is 571 g/mol. The molecule has 0 saturated carbocycles. The molecule has 0 aliphatic carbocycles. The molecule has 0 spiro atoms. The number of benzene rings is 3. The van der Waals surface area contributed by atoms with Crippen LogP contribution in [0, 0.1) is 0 Å². The van der Waals surface area contributed by atoms with E-state index in [0.29, 0.717) is 42.1 Å². The zero-order valence-electron chi connectivity index (χ0n) is 24.4. The van der Waals surface area contributed by atoms with Crippen molar-refractivity contribution in [2.45, 2.75) is 51.3 Å². The largest absolute Gasteiger partial charge is 0.493 e. The van der Waals surface area contributed by atoms with E-state index in [4.69, 9.17) is 14.2 Å². The van der Waals surface area contributed by atoms with E-state index < -0.39 is 6.04 Å². The summed E-state index contributed by atoms with van der Waals surface area (Å²) >= 11 is 0. The number of nitrogens with zero attached hydrogens (tertiary/aromatic N) is 1. The van der Waals surface area contributed by atoms with E-state index >= 15 is 0 Å². The highest BCUT2D eigenvalue weighted by atomic mass is 16.5. The van der Waals surface area contributed by atoms with E-state index in [1.807, 2.05) is 48.5 Å². The van der Waals surface area contributed by atoms with Crippen LogP contribution in [0.4, 0.5) is 0 Å². The first kappa shape index (κ1) is 29.0. The molecule has 6 rings (SSSR count). The number of methoxy groups -OCH3 is 1. The number of likely N-dealkylation sites (tertiary alicyclic amines) is 1. The molecule has 3 aromatic rings. The number of hydrogen-bond acceptors (Lipinski definition) is 6. The highest BCUT2D eigenvalue weighted by Gasteiger charge is 2.35. The van der Waals surface area contributed by atoms with E-state index in [0.717, 1.165) is 11.1 Å². The van der Waals surface area contributed by atoms with Crippen LogP contribution in [0.25, 0.3) is 0 Å². The molecule has 0 radical (unpaired) electrons. The Bertz CT molecular complexity index is 1450. The van der Waals surface area contributed by atoms with Crippen molar-refractivity contribution in [2.24, 2.45) is 0 Å². The Labute approximate surface area is 246 Å². The van der Waals surface area contributed by atoms with Crippen LogP contribution in [0.5, 0.6) is 17.2 Å². The zero-order valence-corrected chi connectivity index (χ0v) is 24.4. The SMILES string of the molecule is COc1ccc2cc1OCC(=O)NCc1ccc(cc1)O[C@@H]1CCN(C(=O)c3ccc(C(C)(C)C)cc3)C[C@@H]1NC2=O. The number of amides is 3. The molecule has 1 fully saturated rings. The van der Waals surface area contributed by atoms with Gasteiger partial charge in [-0.05, 0) is 59.0 Å². The van der Waals surface area contributed by atoms with E-state index in [1.165, 1.54) is 7.11 Å². The van der Waals surface area contributed by atoms with Crippen molar-refractivity contribution in [1.82, 2.24) is 15.5 Å². The number of carbonyl (C=O) groups is 3. The molecule has 4 bridgehead atoms. The van der Waals surface area contributed by atoms with Crippen LogP contribution in [0.15, 0.2) is 66.7 Å². The van der Waals surface area contributed by atoms with Crippen LogP contribution in [-0.2, 0) is 16.8 Å². The Morgan fingerprint density at radius 1 is 1.00 bits per heavy atom. The van der Waals surface area contributed by atoms with Gasteiger partial charge in [-0.3, -0.25) is 14.4 Å². The number of carbonyl (C=O) groups excluding carboxylic acids is 3. The van der Waals surface area contributed by atoms with Crippen molar-refractivity contribution in [3.63, 3.8) is 0 Å². The van der Waals surface area contributed by atoms with Crippen LogP contribution in [0.1, 0.15) is 59.0 Å². The topological polar surface area (TPSA) is 106 Å². The molecule has 3 heterocycles. The van der Waals surface area contributed by atoms with Gasteiger partial charge in [0.15, 0.2) is 18.1 Å². The number of piperidine rings is 1. The minimum atomic E-state index is -0.478. The highest BCUT2D eigenvalue weighted by molar-refractivity contribution is 5.96. The maximum Gasteiger partial charge on any atom is 0.258 e. The Hall–Kier alpha value is -4.53. The molecule has 0 aromatic heterocycles. The fraction of sp³-hybridized carbons (Fsp3) is 0.364. The summed E-state index contributed by atoms with van der Waals surface area (Å²) in [5, 5.41) is 5.92. The van der Waals surface area contributed by atoms with E-state index in [9.17, 15) is 14.4 Å². The van der Waals surface area contributed by atoms with Gasteiger partial charge in [0, 0.05) is 37.2 Å². The van der Waals surface area contributed by atoms with Gasteiger partial charge in [-0.25, -0.2) is 0 Å². The van der Waals surface area contributed by atoms with Crippen LogP contribution in [0.2, 0.25) is 0 Å². The summed E-state index contributed by atoms with van der Waals surface area (Å²) in [6.07, 6.45) is 0.169.